The van der Waals surface area contributed by atoms with Gasteiger partial charge in [-0.05, 0) is 26.0 Å². The Kier molecular flexibility index (Phi) is 5.51. The van der Waals surface area contributed by atoms with E-state index in [0.717, 1.165) is 5.69 Å². The molecule has 5 heteroatoms. The van der Waals surface area contributed by atoms with E-state index in [4.69, 9.17) is 4.74 Å². The molecule has 0 saturated carbocycles. The topological polar surface area (TPSA) is 71.5 Å². The van der Waals surface area contributed by atoms with Gasteiger partial charge in [0.05, 0.1) is 11.7 Å². The quantitative estimate of drug-likeness (QED) is 0.838. The normalized spacial score (nSPS) is 13.1. The number of nitrogens with zero attached hydrogens (tertiary/aromatic N) is 1. The second-order valence-corrected chi connectivity index (χ2v) is 5.83. The molecule has 0 aliphatic heterocycles. The standard InChI is InChI=1S/C15H24N2O3/c1-6-20-10(2)9-16-13-8-11(14(18)19)7-12(17-13)15(3,4)5/h7-8,10H,6,9H2,1-5H3,(H,16,17)(H,18,19). The Bertz CT molecular complexity index is 467. The van der Waals surface area contributed by atoms with E-state index in [1.165, 1.54) is 0 Å². The Labute approximate surface area is 120 Å². The zero-order valence-electron chi connectivity index (χ0n) is 12.9. The molecule has 0 aromatic carbocycles. The average Bonchev–Trinajstić information content (AvgIpc) is 2.35. The van der Waals surface area contributed by atoms with Crippen molar-refractivity contribution < 1.29 is 14.6 Å². The molecule has 0 bridgehead atoms. The third-order valence-corrected chi connectivity index (χ3v) is 2.86. The first-order valence-corrected chi connectivity index (χ1v) is 6.85. The number of hydrogen-bond donors (Lipinski definition) is 2. The van der Waals surface area contributed by atoms with E-state index >= 15 is 0 Å². The van der Waals surface area contributed by atoms with Crippen LogP contribution in [0.25, 0.3) is 0 Å². The highest BCUT2D eigenvalue weighted by Crippen LogP contribution is 2.23. The van der Waals surface area contributed by atoms with Crippen molar-refractivity contribution in [3.8, 4) is 0 Å². The number of aromatic nitrogens is 1. The number of carboxylic acids is 1. The van der Waals surface area contributed by atoms with Gasteiger partial charge in [0.1, 0.15) is 5.82 Å². The van der Waals surface area contributed by atoms with Crippen LogP contribution in [-0.2, 0) is 10.2 Å². The number of anilines is 1. The smallest absolute Gasteiger partial charge is 0.335 e. The lowest BCUT2D eigenvalue weighted by Gasteiger charge is -2.20. The van der Waals surface area contributed by atoms with Gasteiger partial charge >= 0.3 is 5.97 Å². The number of hydrogen-bond acceptors (Lipinski definition) is 4. The van der Waals surface area contributed by atoms with Gasteiger partial charge in [-0.2, -0.15) is 0 Å². The predicted octanol–water partition coefficient (Wildman–Crippen LogP) is 2.91. The zero-order chi connectivity index (χ0) is 15.3. The Morgan fingerprint density at radius 2 is 2.10 bits per heavy atom. The minimum atomic E-state index is -0.946. The van der Waals surface area contributed by atoms with Crippen molar-refractivity contribution in [3.05, 3.63) is 23.4 Å². The highest BCUT2D eigenvalue weighted by Gasteiger charge is 2.19. The van der Waals surface area contributed by atoms with Crippen molar-refractivity contribution in [3.63, 3.8) is 0 Å². The summed E-state index contributed by atoms with van der Waals surface area (Å²) in [5.74, 6) is -0.375. The van der Waals surface area contributed by atoms with E-state index in [1.54, 1.807) is 12.1 Å². The van der Waals surface area contributed by atoms with Crippen LogP contribution < -0.4 is 5.32 Å². The highest BCUT2D eigenvalue weighted by molar-refractivity contribution is 5.88. The van der Waals surface area contributed by atoms with Crippen LogP contribution >= 0.6 is 0 Å². The fourth-order valence-electron chi connectivity index (χ4n) is 1.72. The first-order chi connectivity index (χ1) is 9.24. The van der Waals surface area contributed by atoms with Crippen LogP contribution in [0.2, 0.25) is 0 Å². The van der Waals surface area contributed by atoms with E-state index in [9.17, 15) is 9.90 Å². The molecule has 1 rings (SSSR count). The van der Waals surface area contributed by atoms with Crippen LogP contribution in [-0.4, -0.2) is 35.3 Å². The van der Waals surface area contributed by atoms with Crippen molar-refractivity contribution in [2.24, 2.45) is 0 Å². The zero-order valence-corrected chi connectivity index (χ0v) is 12.9. The molecule has 0 amide bonds. The third-order valence-electron chi connectivity index (χ3n) is 2.86. The molecule has 0 radical (unpaired) electrons. The molecule has 112 valence electrons. The van der Waals surface area contributed by atoms with Crippen molar-refractivity contribution in [2.75, 3.05) is 18.5 Å². The Morgan fingerprint density at radius 3 is 2.60 bits per heavy atom. The summed E-state index contributed by atoms with van der Waals surface area (Å²) < 4.78 is 5.43. The van der Waals surface area contributed by atoms with Crippen LogP contribution in [0.5, 0.6) is 0 Å². The lowest BCUT2D eigenvalue weighted by atomic mass is 9.91. The Morgan fingerprint density at radius 1 is 1.45 bits per heavy atom. The van der Waals surface area contributed by atoms with E-state index in [-0.39, 0.29) is 17.1 Å². The number of rotatable bonds is 6. The Hall–Kier alpha value is -1.62. The summed E-state index contributed by atoms with van der Waals surface area (Å²) >= 11 is 0. The molecule has 0 aliphatic carbocycles. The molecular formula is C15H24N2O3. The number of ether oxygens (including phenoxy) is 1. The van der Waals surface area contributed by atoms with Gasteiger partial charge in [0.15, 0.2) is 0 Å². The lowest BCUT2D eigenvalue weighted by molar-refractivity contribution is 0.0696. The van der Waals surface area contributed by atoms with Gasteiger partial charge in [0, 0.05) is 24.3 Å². The molecule has 1 atom stereocenters. The second kappa shape index (κ2) is 6.70. The molecule has 20 heavy (non-hydrogen) atoms. The summed E-state index contributed by atoms with van der Waals surface area (Å²) in [5, 5.41) is 12.3. The molecule has 0 spiro atoms. The monoisotopic (exact) mass is 280 g/mol. The summed E-state index contributed by atoms with van der Waals surface area (Å²) in [6, 6.07) is 3.18. The Balaban J connectivity index is 2.95. The maximum Gasteiger partial charge on any atom is 0.335 e. The van der Waals surface area contributed by atoms with Gasteiger partial charge in [0.25, 0.3) is 0 Å². The van der Waals surface area contributed by atoms with Crippen LogP contribution in [0.1, 0.15) is 50.7 Å². The maximum absolute atomic E-state index is 11.2. The third kappa shape index (κ3) is 4.81. The number of aromatic carboxylic acids is 1. The van der Waals surface area contributed by atoms with Gasteiger partial charge in [-0.15, -0.1) is 0 Å². The van der Waals surface area contributed by atoms with Crippen LogP contribution in [0.15, 0.2) is 12.1 Å². The van der Waals surface area contributed by atoms with Crippen molar-refractivity contribution in [1.29, 1.82) is 0 Å². The first kappa shape index (κ1) is 16.4. The average molecular weight is 280 g/mol. The first-order valence-electron chi connectivity index (χ1n) is 6.85. The summed E-state index contributed by atoms with van der Waals surface area (Å²) in [5.41, 5.74) is 0.799. The van der Waals surface area contributed by atoms with Crippen molar-refractivity contribution in [2.45, 2.75) is 46.1 Å². The number of pyridine rings is 1. The molecule has 2 N–H and O–H groups in total. The molecule has 5 nitrogen and oxygen atoms in total. The minimum Gasteiger partial charge on any atom is -0.478 e. The van der Waals surface area contributed by atoms with Crippen molar-refractivity contribution >= 4 is 11.8 Å². The number of nitrogens with one attached hydrogen (secondary N) is 1. The highest BCUT2D eigenvalue weighted by atomic mass is 16.5. The molecule has 0 fully saturated rings. The summed E-state index contributed by atoms with van der Waals surface area (Å²) in [6.07, 6.45) is 0.0494. The predicted molar refractivity (Wildman–Crippen MR) is 79.5 cm³/mol. The van der Waals surface area contributed by atoms with Crippen LogP contribution in [0.3, 0.4) is 0 Å². The summed E-state index contributed by atoms with van der Waals surface area (Å²) in [6.45, 7) is 11.2. The molecule has 1 heterocycles. The fourth-order valence-corrected chi connectivity index (χ4v) is 1.72. The summed E-state index contributed by atoms with van der Waals surface area (Å²) in [4.78, 5) is 15.7. The number of carboxylic acid groups (broad SMARTS) is 1. The maximum atomic E-state index is 11.2. The van der Waals surface area contributed by atoms with Crippen LogP contribution in [0, 0.1) is 0 Å². The SMILES string of the molecule is CCOC(C)CNc1cc(C(=O)O)cc(C(C)(C)C)n1. The molecular weight excluding hydrogens is 256 g/mol. The second-order valence-electron chi connectivity index (χ2n) is 5.83. The van der Waals surface area contributed by atoms with E-state index in [1.807, 2.05) is 34.6 Å². The number of carbonyl (C=O) groups is 1. The van der Waals surface area contributed by atoms with Crippen molar-refractivity contribution in [1.82, 2.24) is 4.98 Å². The van der Waals surface area contributed by atoms with Gasteiger partial charge in [0.2, 0.25) is 0 Å². The summed E-state index contributed by atoms with van der Waals surface area (Å²) in [7, 11) is 0. The van der Waals surface area contributed by atoms with Gasteiger partial charge in [-0.25, -0.2) is 9.78 Å². The van der Waals surface area contributed by atoms with Gasteiger partial charge in [-0.1, -0.05) is 20.8 Å². The lowest BCUT2D eigenvalue weighted by Crippen LogP contribution is -2.22. The fraction of sp³-hybridized carbons (Fsp3) is 0.600. The van der Waals surface area contributed by atoms with Gasteiger partial charge in [-0.3, -0.25) is 0 Å². The molecule has 0 saturated heterocycles. The van der Waals surface area contributed by atoms with Gasteiger partial charge < -0.3 is 15.2 Å². The molecule has 1 aromatic heterocycles. The largest absolute Gasteiger partial charge is 0.478 e. The van der Waals surface area contributed by atoms with Crippen LogP contribution in [0.4, 0.5) is 5.82 Å². The van der Waals surface area contributed by atoms with E-state index in [0.29, 0.717) is 19.0 Å². The molecule has 1 aromatic rings. The minimum absolute atomic E-state index is 0.0494. The molecule has 1 unspecified atom stereocenters. The van der Waals surface area contributed by atoms with E-state index < -0.39 is 5.97 Å². The van der Waals surface area contributed by atoms with E-state index in [2.05, 4.69) is 10.3 Å². The molecule has 0 aliphatic rings.